The van der Waals surface area contributed by atoms with E-state index in [-0.39, 0.29) is 18.0 Å². The summed E-state index contributed by atoms with van der Waals surface area (Å²) in [5.74, 6) is 0.651. The lowest BCUT2D eigenvalue weighted by Gasteiger charge is -2.14. The molecule has 6 nitrogen and oxygen atoms in total. The van der Waals surface area contributed by atoms with Crippen LogP contribution in [0.3, 0.4) is 0 Å². The van der Waals surface area contributed by atoms with Gasteiger partial charge in [-0.2, -0.15) is 0 Å². The predicted octanol–water partition coefficient (Wildman–Crippen LogP) is 4.33. The van der Waals surface area contributed by atoms with Crippen molar-refractivity contribution in [3.8, 4) is 0 Å². The number of para-hydroxylation sites is 1. The number of nitrogens with zero attached hydrogens (tertiary/aromatic N) is 1. The number of rotatable bonds is 4. The summed E-state index contributed by atoms with van der Waals surface area (Å²) in [7, 11) is 3.40. The topological polar surface area (TPSA) is 74.6 Å². The predicted molar refractivity (Wildman–Crippen MR) is 106 cm³/mol. The van der Waals surface area contributed by atoms with E-state index in [0.29, 0.717) is 11.3 Å². The Labute approximate surface area is 158 Å². The van der Waals surface area contributed by atoms with Crippen LogP contribution in [0.4, 0.5) is 10.5 Å². The molecule has 0 saturated carbocycles. The van der Waals surface area contributed by atoms with Gasteiger partial charge in [-0.3, -0.25) is 4.79 Å². The van der Waals surface area contributed by atoms with Gasteiger partial charge in [0, 0.05) is 36.3 Å². The van der Waals surface area contributed by atoms with Crippen molar-refractivity contribution < 1.29 is 14.0 Å². The molecule has 0 unspecified atom stereocenters. The van der Waals surface area contributed by atoms with Crippen LogP contribution in [0, 0.1) is 6.92 Å². The molecule has 2 N–H and O–H groups in total. The number of anilines is 1. The maximum atomic E-state index is 12.3. The molecule has 1 atom stereocenters. The average molecular weight is 365 g/mol. The van der Waals surface area contributed by atoms with E-state index in [0.717, 1.165) is 22.3 Å². The molecule has 0 bridgehead atoms. The summed E-state index contributed by atoms with van der Waals surface area (Å²) >= 11 is 0. The van der Waals surface area contributed by atoms with Gasteiger partial charge < -0.3 is 20.0 Å². The molecule has 140 valence electrons. The summed E-state index contributed by atoms with van der Waals surface area (Å²) in [6.07, 6.45) is 0. The van der Waals surface area contributed by atoms with Crippen molar-refractivity contribution in [3.05, 3.63) is 65.4 Å². The van der Waals surface area contributed by atoms with E-state index in [2.05, 4.69) is 10.6 Å². The van der Waals surface area contributed by atoms with Gasteiger partial charge in [-0.15, -0.1) is 0 Å². The zero-order chi connectivity index (χ0) is 19.6. The molecule has 3 rings (SSSR count). The first-order valence-electron chi connectivity index (χ1n) is 8.74. The first-order valence-corrected chi connectivity index (χ1v) is 8.74. The van der Waals surface area contributed by atoms with Gasteiger partial charge >= 0.3 is 6.03 Å². The highest BCUT2D eigenvalue weighted by molar-refractivity contribution is 5.95. The fraction of sp³-hybridized carbons (Fsp3) is 0.238. The lowest BCUT2D eigenvalue weighted by Crippen LogP contribution is -2.31. The minimum Gasteiger partial charge on any atom is -0.459 e. The highest BCUT2D eigenvalue weighted by Crippen LogP contribution is 2.29. The number of hydrogen-bond donors (Lipinski definition) is 2. The maximum absolute atomic E-state index is 12.3. The average Bonchev–Trinajstić information content (AvgIpc) is 2.99. The van der Waals surface area contributed by atoms with Crippen molar-refractivity contribution >= 4 is 28.6 Å². The largest absolute Gasteiger partial charge is 0.459 e. The van der Waals surface area contributed by atoms with Gasteiger partial charge in [0.05, 0.1) is 6.04 Å². The molecular weight excluding hydrogens is 342 g/mol. The molecule has 27 heavy (non-hydrogen) atoms. The van der Waals surface area contributed by atoms with Gasteiger partial charge in [0.15, 0.2) is 0 Å². The molecule has 3 aromatic rings. The first kappa shape index (κ1) is 18.5. The van der Waals surface area contributed by atoms with Gasteiger partial charge in [-0.25, -0.2) is 4.79 Å². The molecule has 0 radical (unpaired) electrons. The number of nitrogens with one attached hydrogen (secondary N) is 2. The van der Waals surface area contributed by atoms with E-state index < -0.39 is 0 Å². The molecule has 0 saturated heterocycles. The summed E-state index contributed by atoms with van der Waals surface area (Å²) in [6, 6.07) is 13.9. The molecule has 6 heteroatoms. The summed E-state index contributed by atoms with van der Waals surface area (Å²) in [5.41, 5.74) is 3.00. The van der Waals surface area contributed by atoms with Crippen LogP contribution >= 0.6 is 0 Å². The van der Waals surface area contributed by atoms with Crippen LogP contribution in [-0.4, -0.2) is 30.9 Å². The highest BCUT2D eigenvalue weighted by atomic mass is 16.3. The summed E-state index contributed by atoms with van der Waals surface area (Å²) < 4.78 is 5.89. The number of carbonyl (C=O) groups excluding carboxylic acids is 2. The second kappa shape index (κ2) is 7.53. The standard InChI is InChI=1S/C21H23N3O3/c1-13-17-7-5-6-8-18(17)27-19(13)14(2)22-21(26)23-16-11-9-15(10-12-16)20(25)24(3)4/h5-12,14H,1-4H3,(H2,22,23,26)/t14-/m1/s1. The minimum atomic E-state index is -0.339. The van der Waals surface area contributed by atoms with E-state index in [4.69, 9.17) is 4.42 Å². The van der Waals surface area contributed by atoms with Crippen LogP contribution in [0.2, 0.25) is 0 Å². The van der Waals surface area contributed by atoms with Crippen LogP contribution in [0.5, 0.6) is 0 Å². The van der Waals surface area contributed by atoms with Crippen LogP contribution in [0.1, 0.15) is 34.6 Å². The van der Waals surface area contributed by atoms with Crippen molar-refractivity contribution in [2.75, 3.05) is 19.4 Å². The van der Waals surface area contributed by atoms with E-state index in [1.54, 1.807) is 38.4 Å². The Balaban J connectivity index is 1.66. The molecule has 0 aliphatic rings. The van der Waals surface area contributed by atoms with Gasteiger partial charge in [0.25, 0.3) is 5.91 Å². The first-order chi connectivity index (χ1) is 12.9. The molecule has 0 fully saturated rings. The van der Waals surface area contributed by atoms with E-state index >= 15 is 0 Å². The van der Waals surface area contributed by atoms with Gasteiger partial charge in [0.2, 0.25) is 0 Å². The molecule has 1 aromatic heterocycles. The number of aryl methyl sites for hydroxylation is 1. The minimum absolute atomic E-state index is 0.0833. The van der Waals surface area contributed by atoms with E-state index in [9.17, 15) is 9.59 Å². The smallest absolute Gasteiger partial charge is 0.319 e. The lowest BCUT2D eigenvalue weighted by atomic mass is 10.1. The molecule has 0 spiro atoms. The van der Waals surface area contributed by atoms with Crippen LogP contribution < -0.4 is 10.6 Å². The van der Waals surface area contributed by atoms with Crippen molar-refractivity contribution in [1.29, 1.82) is 0 Å². The molecule has 0 aliphatic carbocycles. The molecule has 2 aromatic carbocycles. The van der Waals surface area contributed by atoms with Gasteiger partial charge in [0.1, 0.15) is 11.3 Å². The number of fused-ring (bicyclic) bond motifs is 1. The SMILES string of the molecule is Cc1c([C@@H](C)NC(=O)Nc2ccc(C(=O)N(C)C)cc2)oc2ccccc12. The Bertz CT molecular complexity index is 974. The monoisotopic (exact) mass is 365 g/mol. The van der Waals surface area contributed by atoms with Gasteiger partial charge in [-0.1, -0.05) is 18.2 Å². The third kappa shape index (κ3) is 3.95. The van der Waals surface area contributed by atoms with Crippen molar-refractivity contribution in [3.63, 3.8) is 0 Å². The highest BCUT2D eigenvalue weighted by Gasteiger charge is 2.18. The molecule has 3 amide bonds. The Kier molecular flexibility index (Phi) is 5.16. The zero-order valence-corrected chi connectivity index (χ0v) is 15.9. The zero-order valence-electron chi connectivity index (χ0n) is 15.9. The number of furan rings is 1. The number of hydrogen-bond acceptors (Lipinski definition) is 3. The van der Waals surface area contributed by atoms with E-state index in [1.807, 2.05) is 38.1 Å². The fourth-order valence-corrected chi connectivity index (χ4v) is 2.99. The number of carbonyl (C=O) groups is 2. The van der Waals surface area contributed by atoms with Crippen LogP contribution in [-0.2, 0) is 0 Å². The van der Waals surface area contributed by atoms with Crippen LogP contribution in [0.15, 0.2) is 52.9 Å². The van der Waals surface area contributed by atoms with Crippen LogP contribution in [0.25, 0.3) is 11.0 Å². The molecule has 1 heterocycles. The quantitative estimate of drug-likeness (QED) is 0.723. The maximum Gasteiger partial charge on any atom is 0.319 e. The van der Waals surface area contributed by atoms with E-state index in [1.165, 1.54) is 4.90 Å². The number of amides is 3. The second-order valence-electron chi connectivity index (χ2n) is 6.68. The summed E-state index contributed by atoms with van der Waals surface area (Å²) in [6.45, 7) is 3.86. The number of urea groups is 1. The Hall–Kier alpha value is -3.28. The second-order valence-corrected chi connectivity index (χ2v) is 6.68. The van der Waals surface area contributed by atoms with Crippen molar-refractivity contribution in [2.24, 2.45) is 0 Å². The Morgan fingerprint density at radius 1 is 1.04 bits per heavy atom. The van der Waals surface area contributed by atoms with Crippen molar-refractivity contribution in [2.45, 2.75) is 19.9 Å². The third-order valence-corrected chi connectivity index (χ3v) is 4.42. The summed E-state index contributed by atoms with van der Waals surface area (Å²) in [5, 5.41) is 6.70. The lowest BCUT2D eigenvalue weighted by molar-refractivity contribution is 0.0827. The van der Waals surface area contributed by atoms with Gasteiger partial charge in [-0.05, 0) is 44.2 Å². The summed E-state index contributed by atoms with van der Waals surface area (Å²) in [4.78, 5) is 25.7. The number of benzene rings is 2. The molecular formula is C21H23N3O3. The Morgan fingerprint density at radius 3 is 2.33 bits per heavy atom. The van der Waals surface area contributed by atoms with Crippen molar-refractivity contribution in [1.82, 2.24) is 10.2 Å². The third-order valence-electron chi connectivity index (χ3n) is 4.42. The normalized spacial score (nSPS) is 11.9. The Morgan fingerprint density at radius 2 is 1.70 bits per heavy atom. The molecule has 0 aliphatic heterocycles. The fourth-order valence-electron chi connectivity index (χ4n) is 2.99.